The molecule has 11 heteroatoms. The fourth-order valence-electron chi connectivity index (χ4n) is 1.44. The Morgan fingerprint density at radius 1 is 1.00 bits per heavy atom. The largest absolute Gasteiger partial charge is 0.440 e. The summed E-state index contributed by atoms with van der Waals surface area (Å²) >= 11 is 0. The molecule has 5 nitrogen and oxygen atoms in total. The lowest BCUT2D eigenvalue weighted by atomic mass is 10.2. The molecule has 0 radical (unpaired) electrons. The van der Waals surface area contributed by atoms with Crippen molar-refractivity contribution >= 4 is 17.7 Å². The Labute approximate surface area is 132 Å². The Hall–Kier alpha value is -2.46. The van der Waals surface area contributed by atoms with Gasteiger partial charge in [0.05, 0.1) is 5.56 Å². The number of benzene rings is 1. The van der Waals surface area contributed by atoms with Gasteiger partial charge < -0.3 is 15.4 Å². The van der Waals surface area contributed by atoms with Gasteiger partial charge in [-0.3, -0.25) is 4.79 Å². The maximum Gasteiger partial charge on any atom is 0.422 e. The van der Waals surface area contributed by atoms with Crippen LogP contribution in [0.1, 0.15) is 12.0 Å². The maximum absolute atomic E-state index is 12.4. The standard InChI is InChI=1S/C13H12F6N2O3/c14-12(15,16)7-24-11(23)20-6-5-10(22)21-9-3-1-8(2-4-9)13(17,18)19/h1-4H,5-7H2,(H,20,23)(H,21,22). The molecule has 0 aliphatic rings. The second kappa shape index (κ2) is 7.88. The number of carbonyl (C=O) groups is 2. The number of carbonyl (C=O) groups excluding carboxylic acids is 2. The van der Waals surface area contributed by atoms with Gasteiger partial charge >= 0.3 is 18.4 Å². The summed E-state index contributed by atoms with van der Waals surface area (Å²) in [7, 11) is 0. The number of alkyl halides is 6. The minimum Gasteiger partial charge on any atom is -0.440 e. The number of amides is 2. The second-order valence-electron chi connectivity index (χ2n) is 4.49. The van der Waals surface area contributed by atoms with Gasteiger partial charge in [0.2, 0.25) is 5.91 Å². The van der Waals surface area contributed by atoms with E-state index in [1.165, 1.54) is 0 Å². The number of halogens is 6. The summed E-state index contributed by atoms with van der Waals surface area (Å²) in [6, 6.07) is 3.65. The molecule has 134 valence electrons. The van der Waals surface area contributed by atoms with Crippen molar-refractivity contribution in [2.75, 3.05) is 18.5 Å². The lowest BCUT2D eigenvalue weighted by Gasteiger charge is -2.10. The Morgan fingerprint density at radius 2 is 1.58 bits per heavy atom. The highest BCUT2D eigenvalue weighted by molar-refractivity contribution is 5.91. The highest BCUT2D eigenvalue weighted by Gasteiger charge is 2.30. The molecule has 2 N–H and O–H groups in total. The van der Waals surface area contributed by atoms with Crippen LogP contribution in [-0.4, -0.2) is 31.3 Å². The van der Waals surface area contributed by atoms with E-state index in [9.17, 15) is 35.9 Å². The molecule has 0 saturated heterocycles. The van der Waals surface area contributed by atoms with Crippen molar-refractivity contribution in [2.24, 2.45) is 0 Å². The van der Waals surface area contributed by atoms with Crippen molar-refractivity contribution in [3.8, 4) is 0 Å². The molecule has 1 rings (SSSR count). The Balaban J connectivity index is 2.33. The molecule has 2 amide bonds. The van der Waals surface area contributed by atoms with Crippen LogP contribution < -0.4 is 10.6 Å². The molecule has 1 aromatic carbocycles. The van der Waals surface area contributed by atoms with Gasteiger partial charge in [0.25, 0.3) is 0 Å². The molecule has 0 aliphatic heterocycles. The number of anilines is 1. The maximum atomic E-state index is 12.4. The van der Waals surface area contributed by atoms with Crippen LogP contribution in [-0.2, 0) is 15.7 Å². The topological polar surface area (TPSA) is 67.4 Å². The van der Waals surface area contributed by atoms with Gasteiger partial charge in [-0.25, -0.2) is 4.79 Å². The second-order valence-corrected chi connectivity index (χ2v) is 4.49. The van der Waals surface area contributed by atoms with Gasteiger partial charge in [-0.05, 0) is 24.3 Å². The SMILES string of the molecule is O=C(CCNC(=O)OCC(F)(F)F)Nc1ccc(C(F)(F)F)cc1. The lowest BCUT2D eigenvalue weighted by molar-refractivity contribution is -0.160. The summed E-state index contributed by atoms with van der Waals surface area (Å²) in [6.45, 7) is -2.06. The molecule has 0 heterocycles. The first-order valence-electron chi connectivity index (χ1n) is 6.42. The Morgan fingerprint density at radius 3 is 2.08 bits per heavy atom. The average molecular weight is 358 g/mol. The van der Waals surface area contributed by atoms with Crippen LogP contribution in [0.25, 0.3) is 0 Å². The quantitative estimate of drug-likeness (QED) is 0.794. The normalized spacial score (nSPS) is 11.8. The summed E-state index contributed by atoms with van der Waals surface area (Å²) in [4.78, 5) is 22.4. The summed E-state index contributed by atoms with van der Waals surface area (Å²) in [6.07, 6.45) is -10.8. The molecule has 0 spiro atoms. The van der Waals surface area contributed by atoms with Crippen LogP contribution in [0.5, 0.6) is 0 Å². The van der Waals surface area contributed by atoms with E-state index in [4.69, 9.17) is 0 Å². The van der Waals surface area contributed by atoms with Crippen LogP contribution in [0.2, 0.25) is 0 Å². The van der Waals surface area contributed by atoms with Crippen LogP contribution in [0.15, 0.2) is 24.3 Å². The van der Waals surface area contributed by atoms with Crippen molar-refractivity contribution in [1.82, 2.24) is 5.32 Å². The van der Waals surface area contributed by atoms with E-state index >= 15 is 0 Å². The molecule has 24 heavy (non-hydrogen) atoms. The van der Waals surface area contributed by atoms with Gasteiger partial charge in [-0.2, -0.15) is 26.3 Å². The third kappa shape index (κ3) is 7.70. The van der Waals surface area contributed by atoms with Crippen LogP contribution in [0.3, 0.4) is 0 Å². The average Bonchev–Trinajstić information content (AvgIpc) is 2.44. The predicted molar refractivity (Wildman–Crippen MR) is 70.1 cm³/mol. The first kappa shape index (κ1) is 19.6. The number of rotatable bonds is 5. The van der Waals surface area contributed by atoms with E-state index in [1.54, 1.807) is 0 Å². The van der Waals surface area contributed by atoms with Crippen LogP contribution in [0, 0.1) is 0 Å². The first-order chi connectivity index (χ1) is 11.0. The number of ether oxygens (including phenoxy) is 1. The molecule has 0 fully saturated rings. The van der Waals surface area contributed by atoms with Crippen LogP contribution in [0.4, 0.5) is 36.8 Å². The number of hydrogen-bond acceptors (Lipinski definition) is 3. The fourth-order valence-corrected chi connectivity index (χ4v) is 1.44. The predicted octanol–water partition coefficient (Wildman–Crippen LogP) is 3.32. The van der Waals surface area contributed by atoms with E-state index in [-0.39, 0.29) is 18.7 Å². The third-order valence-corrected chi connectivity index (χ3v) is 2.48. The van der Waals surface area contributed by atoms with E-state index in [0.29, 0.717) is 0 Å². The molecular weight excluding hydrogens is 346 g/mol. The zero-order chi connectivity index (χ0) is 18.4. The monoisotopic (exact) mass is 358 g/mol. The van der Waals surface area contributed by atoms with Gasteiger partial charge in [0, 0.05) is 18.7 Å². The number of alkyl carbamates (subject to hydrolysis) is 1. The van der Waals surface area contributed by atoms with E-state index < -0.39 is 36.5 Å². The molecule has 0 aromatic heterocycles. The van der Waals surface area contributed by atoms with Crippen molar-refractivity contribution in [3.63, 3.8) is 0 Å². The summed E-state index contributed by atoms with van der Waals surface area (Å²) in [5, 5.41) is 4.20. The van der Waals surface area contributed by atoms with Crippen molar-refractivity contribution in [1.29, 1.82) is 0 Å². The van der Waals surface area contributed by atoms with Gasteiger partial charge in [0.1, 0.15) is 0 Å². The third-order valence-electron chi connectivity index (χ3n) is 2.48. The van der Waals surface area contributed by atoms with E-state index in [1.807, 2.05) is 5.32 Å². The van der Waals surface area contributed by atoms with Crippen molar-refractivity contribution in [2.45, 2.75) is 18.8 Å². The summed E-state index contributed by atoms with van der Waals surface area (Å²) in [5.41, 5.74) is -0.776. The molecular formula is C13H12F6N2O3. The minimum absolute atomic E-state index is 0.104. The first-order valence-corrected chi connectivity index (χ1v) is 6.42. The van der Waals surface area contributed by atoms with Gasteiger partial charge in [-0.15, -0.1) is 0 Å². The fraction of sp³-hybridized carbons (Fsp3) is 0.385. The summed E-state index contributed by atoms with van der Waals surface area (Å²) < 4.78 is 76.2. The number of hydrogen-bond donors (Lipinski definition) is 2. The molecule has 0 saturated carbocycles. The zero-order valence-corrected chi connectivity index (χ0v) is 11.9. The lowest BCUT2D eigenvalue weighted by Crippen LogP contribution is -2.31. The highest BCUT2D eigenvalue weighted by atomic mass is 19.4. The highest BCUT2D eigenvalue weighted by Crippen LogP contribution is 2.29. The Bertz CT molecular complexity index is 569. The minimum atomic E-state index is -4.66. The van der Waals surface area contributed by atoms with Crippen molar-refractivity contribution in [3.05, 3.63) is 29.8 Å². The molecule has 0 aliphatic carbocycles. The van der Waals surface area contributed by atoms with Gasteiger partial charge in [0.15, 0.2) is 6.61 Å². The number of nitrogens with one attached hydrogen (secondary N) is 2. The van der Waals surface area contributed by atoms with E-state index in [2.05, 4.69) is 10.1 Å². The smallest absolute Gasteiger partial charge is 0.422 e. The summed E-state index contributed by atoms with van der Waals surface area (Å²) in [5.74, 6) is -0.647. The van der Waals surface area contributed by atoms with Gasteiger partial charge in [-0.1, -0.05) is 0 Å². The van der Waals surface area contributed by atoms with Crippen LogP contribution >= 0.6 is 0 Å². The zero-order valence-electron chi connectivity index (χ0n) is 11.9. The van der Waals surface area contributed by atoms with Crippen molar-refractivity contribution < 1.29 is 40.7 Å². The van der Waals surface area contributed by atoms with E-state index in [0.717, 1.165) is 24.3 Å². The molecule has 0 unspecified atom stereocenters. The molecule has 1 aromatic rings. The molecule has 0 bridgehead atoms. The Kier molecular flexibility index (Phi) is 6.43. The molecule has 0 atom stereocenters.